The van der Waals surface area contributed by atoms with Crippen molar-refractivity contribution in [3.05, 3.63) is 59.1 Å². The van der Waals surface area contributed by atoms with Gasteiger partial charge in [-0.2, -0.15) is 0 Å². The predicted octanol–water partition coefficient (Wildman–Crippen LogP) is 4.11. The Morgan fingerprint density at radius 2 is 2.00 bits per heavy atom. The van der Waals surface area contributed by atoms with Gasteiger partial charge >= 0.3 is 0 Å². The van der Waals surface area contributed by atoms with Crippen LogP contribution < -0.4 is 5.32 Å². The van der Waals surface area contributed by atoms with Gasteiger partial charge in [-0.15, -0.1) is 11.3 Å². The van der Waals surface area contributed by atoms with Crippen LogP contribution in [0, 0.1) is 11.8 Å². The number of anilines is 1. The fraction of sp³-hybridized carbons (Fsp3) is 0.0556. The lowest BCUT2D eigenvalue weighted by Gasteiger charge is -1.97. The minimum absolute atomic E-state index is 0.261. The van der Waals surface area contributed by atoms with Crippen molar-refractivity contribution < 1.29 is 5.11 Å². The highest BCUT2D eigenvalue weighted by atomic mass is 32.1. The summed E-state index contributed by atoms with van der Waals surface area (Å²) < 4.78 is 0.968. The van der Waals surface area contributed by atoms with E-state index >= 15 is 0 Å². The topological polar surface area (TPSA) is 45.2 Å². The van der Waals surface area contributed by atoms with Crippen molar-refractivity contribution in [2.45, 2.75) is 0 Å². The van der Waals surface area contributed by atoms with Gasteiger partial charge in [0.15, 0.2) is 0 Å². The smallest absolute Gasteiger partial charge is 0.117 e. The van der Waals surface area contributed by atoms with Crippen molar-refractivity contribution >= 4 is 33.3 Å². The maximum Gasteiger partial charge on any atom is 0.117 e. The van der Waals surface area contributed by atoms with E-state index in [1.54, 1.807) is 18.2 Å². The number of rotatable bonds is 2. The number of nitrogens with one attached hydrogen (secondary N) is 1. The molecule has 0 aliphatic rings. The van der Waals surface area contributed by atoms with Crippen LogP contribution in [0.5, 0.6) is 5.75 Å². The van der Waals surface area contributed by atoms with E-state index in [1.807, 2.05) is 43.5 Å². The Balaban J connectivity index is 1.74. The number of benzene rings is 2. The molecule has 3 aromatic rings. The molecule has 0 spiro atoms. The number of nitrogens with zero attached hydrogens (tertiary/aromatic N) is 1. The average Bonchev–Trinajstić information content (AvgIpc) is 2.94. The van der Waals surface area contributed by atoms with E-state index in [0.29, 0.717) is 0 Å². The minimum Gasteiger partial charge on any atom is -0.508 e. The van der Waals surface area contributed by atoms with Gasteiger partial charge < -0.3 is 10.4 Å². The summed E-state index contributed by atoms with van der Waals surface area (Å²) in [6.45, 7) is 0. The van der Waals surface area contributed by atoms with E-state index in [1.165, 1.54) is 11.3 Å². The van der Waals surface area contributed by atoms with Gasteiger partial charge in [-0.1, -0.05) is 11.8 Å². The van der Waals surface area contributed by atoms with E-state index < -0.39 is 0 Å². The van der Waals surface area contributed by atoms with Gasteiger partial charge in [0.05, 0.1) is 10.2 Å². The third-order valence-electron chi connectivity index (χ3n) is 3.09. The Kier molecular flexibility index (Phi) is 4.08. The van der Waals surface area contributed by atoms with Crippen LogP contribution in [-0.4, -0.2) is 17.1 Å². The minimum atomic E-state index is 0.261. The second-order valence-electron chi connectivity index (χ2n) is 4.63. The highest BCUT2D eigenvalue weighted by Gasteiger charge is 2.01. The summed E-state index contributed by atoms with van der Waals surface area (Å²) in [4.78, 5) is 4.47. The number of aromatic nitrogens is 1. The van der Waals surface area contributed by atoms with Crippen molar-refractivity contribution in [2.24, 2.45) is 0 Å². The normalized spacial score (nSPS) is 10.6. The standard InChI is InChI=1S/C18H14N2OS/c1-19-14-8-6-13(7-9-14)4-2-3-5-18-20-16-11-10-15(21)12-17(16)22-18/h3,5-12,19,21H,1H3. The largest absolute Gasteiger partial charge is 0.508 e. The second kappa shape index (κ2) is 6.33. The molecular weight excluding hydrogens is 292 g/mol. The highest BCUT2D eigenvalue weighted by molar-refractivity contribution is 7.19. The number of hydrogen-bond acceptors (Lipinski definition) is 4. The molecule has 3 rings (SSSR count). The molecule has 3 nitrogen and oxygen atoms in total. The van der Waals surface area contributed by atoms with Crippen molar-refractivity contribution in [1.82, 2.24) is 4.98 Å². The molecule has 0 aliphatic heterocycles. The number of allylic oxidation sites excluding steroid dienone is 1. The van der Waals surface area contributed by atoms with E-state index in [0.717, 1.165) is 26.5 Å². The molecule has 0 radical (unpaired) electrons. The fourth-order valence-electron chi connectivity index (χ4n) is 1.96. The summed E-state index contributed by atoms with van der Waals surface area (Å²) in [6.07, 6.45) is 3.68. The molecule has 1 heterocycles. The summed E-state index contributed by atoms with van der Waals surface area (Å²) in [7, 11) is 1.89. The molecule has 0 unspecified atom stereocenters. The predicted molar refractivity (Wildman–Crippen MR) is 93.2 cm³/mol. The van der Waals surface area contributed by atoms with Gasteiger partial charge in [0.2, 0.25) is 0 Å². The first kappa shape index (κ1) is 14.2. The molecule has 0 fully saturated rings. The molecule has 4 heteroatoms. The lowest BCUT2D eigenvalue weighted by molar-refractivity contribution is 0.476. The van der Waals surface area contributed by atoms with Gasteiger partial charge in [-0.05, 0) is 54.6 Å². The number of phenolic OH excluding ortho intramolecular Hbond substituents is 1. The molecule has 108 valence electrons. The Morgan fingerprint density at radius 1 is 1.18 bits per heavy atom. The molecule has 1 aromatic heterocycles. The quantitative estimate of drug-likeness (QED) is 0.700. The zero-order chi connectivity index (χ0) is 15.4. The Bertz CT molecular complexity index is 883. The van der Waals surface area contributed by atoms with Crippen LogP contribution >= 0.6 is 11.3 Å². The van der Waals surface area contributed by atoms with Crippen molar-refractivity contribution in [3.8, 4) is 17.6 Å². The van der Waals surface area contributed by atoms with Crippen molar-refractivity contribution in [1.29, 1.82) is 0 Å². The average molecular weight is 306 g/mol. The lowest BCUT2D eigenvalue weighted by Crippen LogP contribution is -1.86. The molecule has 2 N–H and O–H groups in total. The van der Waals surface area contributed by atoms with Gasteiger partial charge in [0.25, 0.3) is 0 Å². The zero-order valence-corrected chi connectivity index (χ0v) is 12.8. The third-order valence-corrected chi connectivity index (χ3v) is 4.07. The maximum absolute atomic E-state index is 9.45. The first-order valence-corrected chi connectivity index (χ1v) is 7.62. The Labute approximate surface area is 133 Å². The molecular formula is C18H14N2OS. The second-order valence-corrected chi connectivity index (χ2v) is 5.70. The Morgan fingerprint density at radius 3 is 2.77 bits per heavy atom. The molecule has 0 amide bonds. The first-order chi connectivity index (χ1) is 10.7. The third kappa shape index (κ3) is 3.27. The fourth-order valence-corrected chi connectivity index (χ4v) is 2.86. The van der Waals surface area contributed by atoms with Gasteiger partial charge in [-0.25, -0.2) is 4.98 Å². The first-order valence-electron chi connectivity index (χ1n) is 6.80. The molecule has 22 heavy (non-hydrogen) atoms. The van der Waals surface area contributed by atoms with Crippen LogP contribution in [-0.2, 0) is 0 Å². The maximum atomic E-state index is 9.45. The van der Waals surface area contributed by atoms with Crippen LogP contribution in [0.3, 0.4) is 0 Å². The number of phenols is 1. The van der Waals surface area contributed by atoms with E-state index in [2.05, 4.69) is 22.1 Å². The summed E-state index contributed by atoms with van der Waals surface area (Å²) in [5.41, 5.74) is 2.93. The molecule has 0 atom stereocenters. The van der Waals surface area contributed by atoms with Crippen molar-refractivity contribution in [3.63, 3.8) is 0 Å². The number of hydrogen-bond donors (Lipinski definition) is 2. The van der Waals surface area contributed by atoms with Crippen LogP contribution in [0.1, 0.15) is 10.6 Å². The van der Waals surface area contributed by atoms with Gasteiger partial charge in [0.1, 0.15) is 10.8 Å². The van der Waals surface area contributed by atoms with E-state index in [9.17, 15) is 5.11 Å². The van der Waals surface area contributed by atoms with E-state index in [4.69, 9.17) is 0 Å². The van der Waals surface area contributed by atoms with Crippen molar-refractivity contribution in [2.75, 3.05) is 12.4 Å². The molecule has 2 aromatic carbocycles. The summed E-state index contributed by atoms with van der Waals surface area (Å²) in [6, 6.07) is 13.1. The Hall–Kier alpha value is -2.77. The van der Waals surface area contributed by atoms with Crippen LogP contribution in [0.4, 0.5) is 5.69 Å². The van der Waals surface area contributed by atoms with Crippen LogP contribution in [0.2, 0.25) is 0 Å². The number of fused-ring (bicyclic) bond motifs is 1. The van der Waals surface area contributed by atoms with Gasteiger partial charge in [-0.3, -0.25) is 0 Å². The molecule has 0 bridgehead atoms. The van der Waals surface area contributed by atoms with Crippen LogP contribution in [0.15, 0.2) is 48.5 Å². The molecule has 0 saturated carbocycles. The summed E-state index contributed by atoms with van der Waals surface area (Å²) in [5, 5.41) is 13.4. The SMILES string of the molecule is CNc1ccc(C#CC=Cc2nc3ccc(O)cc3s2)cc1. The van der Waals surface area contributed by atoms with Crippen LogP contribution in [0.25, 0.3) is 16.3 Å². The number of aromatic hydroxyl groups is 1. The lowest BCUT2D eigenvalue weighted by atomic mass is 10.2. The summed E-state index contributed by atoms with van der Waals surface area (Å²) >= 11 is 1.53. The zero-order valence-electron chi connectivity index (χ0n) is 12.0. The number of thiazole rings is 1. The molecule has 0 aliphatic carbocycles. The van der Waals surface area contributed by atoms with Gasteiger partial charge in [0, 0.05) is 18.3 Å². The summed E-state index contributed by atoms with van der Waals surface area (Å²) in [5.74, 6) is 6.35. The highest BCUT2D eigenvalue weighted by Crippen LogP contribution is 2.26. The monoisotopic (exact) mass is 306 g/mol. The molecule has 0 saturated heterocycles. The van der Waals surface area contributed by atoms with E-state index in [-0.39, 0.29) is 5.75 Å².